The largest absolute Gasteiger partial charge is 0.415 e. The van der Waals surface area contributed by atoms with Gasteiger partial charge >= 0.3 is 5.69 Å². The highest BCUT2D eigenvalue weighted by Crippen LogP contribution is 2.17. The van der Waals surface area contributed by atoms with E-state index in [9.17, 15) is 14.0 Å². The second kappa shape index (κ2) is 8.09. The maximum Gasteiger partial charge on any atom is 0.332 e. The number of imidazole rings is 1. The minimum absolute atomic E-state index is 0.0465. The molecule has 4 rings (SSSR count). The number of fused-ring (bicyclic) bond motifs is 1. The molecule has 0 saturated heterocycles. The second-order valence-electron chi connectivity index (χ2n) is 7.22. The third-order valence-corrected chi connectivity index (χ3v) is 4.98. The summed E-state index contributed by atoms with van der Waals surface area (Å²) in [4.78, 5) is 37.1. The van der Waals surface area contributed by atoms with E-state index >= 15 is 0 Å². The number of nitrogen functional groups attached to an aromatic ring is 2. The summed E-state index contributed by atoms with van der Waals surface area (Å²) in [7, 11) is 0. The number of oxazole rings is 1. The monoisotopic (exact) mass is 427 g/mol. The fraction of sp³-hybridized carbons (Fsp3) is 0.300. The summed E-state index contributed by atoms with van der Waals surface area (Å²) >= 11 is 0. The summed E-state index contributed by atoms with van der Waals surface area (Å²) in [6.07, 6.45) is 2.06. The number of nitrogens with zero attached hydrogens (tertiary/aromatic N) is 4. The van der Waals surface area contributed by atoms with E-state index in [1.165, 1.54) is 9.13 Å². The molecule has 1 aromatic carbocycles. The molecule has 0 atom stereocenters. The molecule has 0 spiro atoms. The highest BCUT2D eigenvalue weighted by Gasteiger charge is 2.18. The van der Waals surface area contributed by atoms with Gasteiger partial charge in [-0.25, -0.2) is 14.8 Å². The molecular formula is C20H22FN7O3. The SMILES string of the molecule is CCCn1c(=O)c2[nH]c(Cc3ncc(F)o3)nc2n(CCc2ccc(N)cc2N)c1=O. The van der Waals surface area contributed by atoms with Crippen LogP contribution in [-0.4, -0.2) is 24.1 Å². The Morgan fingerprint density at radius 2 is 2.00 bits per heavy atom. The minimum Gasteiger partial charge on any atom is -0.415 e. The number of rotatable bonds is 7. The number of nitrogens with two attached hydrogens (primary N) is 2. The first-order chi connectivity index (χ1) is 14.9. The van der Waals surface area contributed by atoms with Gasteiger partial charge in [-0.2, -0.15) is 4.39 Å². The molecule has 0 saturated carbocycles. The van der Waals surface area contributed by atoms with Gasteiger partial charge in [0.25, 0.3) is 11.6 Å². The highest BCUT2D eigenvalue weighted by atomic mass is 19.1. The standard InChI is InChI=1S/C20H22FN7O3/c1-2-6-28-19(29)17-18(26-15(25-17)9-16-24-10-14(21)31-16)27(20(28)30)7-5-11-3-4-12(22)8-13(11)23/h3-4,8,10H,2,5-7,9,22-23H2,1H3,(H,25,26). The van der Waals surface area contributed by atoms with E-state index < -0.39 is 17.3 Å². The molecular weight excluding hydrogens is 405 g/mol. The van der Waals surface area contributed by atoms with Gasteiger partial charge in [0, 0.05) is 24.5 Å². The summed E-state index contributed by atoms with van der Waals surface area (Å²) in [6.45, 7) is 2.41. The van der Waals surface area contributed by atoms with Crippen molar-refractivity contribution < 1.29 is 8.81 Å². The summed E-state index contributed by atoms with van der Waals surface area (Å²) in [6, 6.07) is 4.40. The molecule has 3 heterocycles. The maximum absolute atomic E-state index is 13.1. The Morgan fingerprint density at radius 1 is 1.19 bits per heavy atom. The van der Waals surface area contributed by atoms with Crippen molar-refractivity contribution in [1.82, 2.24) is 24.1 Å². The zero-order valence-corrected chi connectivity index (χ0v) is 16.9. The molecule has 5 N–H and O–H groups in total. The van der Waals surface area contributed by atoms with Crippen molar-refractivity contribution in [1.29, 1.82) is 0 Å². The lowest BCUT2D eigenvalue weighted by atomic mass is 10.1. The van der Waals surface area contributed by atoms with Crippen LogP contribution in [0.25, 0.3) is 11.2 Å². The van der Waals surface area contributed by atoms with Crippen molar-refractivity contribution >= 4 is 22.5 Å². The van der Waals surface area contributed by atoms with Gasteiger partial charge in [0.15, 0.2) is 5.65 Å². The number of hydrogen-bond acceptors (Lipinski definition) is 7. The molecule has 4 aromatic rings. The Labute approximate surface area is 175 Å². The Morgan fingerprint density at radius 3 is 2.68 bits per heavy atom. The normalized spacial score (nSPS) is 11.4. The predicted molar refractivity (Wildman–Crippen MR) is 113 cm³/mol. The number of nitrogens with one attached hydrogen (secondary N) is 1. The molecule has 31 heavy (non-hydrogen) atoms. The lowest BCUT2D eigenvalue weighted by molar-refractivity contribution is 0.337. The van der Waals surface area contributed by atoms with E-state index in [0.29, 0.717) is 30.0 Å². The van der Waals surface area contributed by atoms with Crippen LogP contribution in [0.4, 0.5) is 15.8 Å². The lowest BCUT2D eigenvalue weighted by Crippen LogP contribution is -2.40. The third kappa shape index (κ3) is 3.93. The molecule has 0 aliphatic carbocycles. The number of hydrogen-bond donors (Lipinski definition) is 3. The van der Waals surface area contributed by atoms with Crippen LogP contribution in [0.2, 0.25) is 0 Å². The number of aromatic nitrogens is 5. The average molecular weight is 427 g/mol. The van der Waals surface area contributed by atoms with Gasteiger partial charge in [0.1, 0.15) is 17.5 Å². The quantitative estimate of drug-likeness (QED) is 0.377. The molecule has 0 fully saturated rings. The van der Waals surface area contributed by atoms with Gasteiger partial charge in [0.2, 0.25) is 5.89 Å². The second-order valence-corrected chi connectivity index (χ2v) is 7.22. The highest BCUT2D eigenvalue weighted by molar-refractivity contribution is 5.70. The van der Waals surface area contributed by atoms with Crippen LogP contribution in [-0.2, 0) is 25.9 Å². The van der Waals surface area contributed by atoms with Crippen molar-refractivity contribution in [2.75, 3.05) is 11.5 Å². The molecule has 0 amide bonds. The van der Waals surface area contributed by atoms with E-state index in [-0.39, 0.29) is 36.6 Å². The summed E-state index contributed by atoms with van der Waals surface area (Å²) in [5.41, 5.74) is 13.2. The van der Waals surface area contributed by atoms with Gasteiger partial charge in [0.05, 0.1) is 6.42 Å². The van der Waals surface area contributed by atoms with Gasteiger partial charge in [-0.1, -0.05) is 13.0 Å². The predicted octanol–water partition coefficient (Wildman–Crippen LogP) is 1.42. The zero-order valence-electron chi connectivity index (χ0n) is 16.9. The molecule has 0 bridgehead atoms. The Balaban J connectivity index is 1.77. The Kier molecular flexibility index (Phi) is 5.32. The molecule has 0 unspecified atom stereocenters. The number of aromatic amines is 1. The molecule has 162 valence electrons. The van der Waals surface area contributed by atoms with Gasteiger partial charge < -0.3 is 20.9 Å². The first kappa shape index (κ1) is 20.4. The number of H-pyrrole nitrogens is 1. The van der Waals surface area contributed by atoms with Gasteiger partial charge in [-0.05, 0) is 30.5 Å². The number of benzene rings is 1. The van der Waals surface area contributed by atoms with Crippen LogP contribution in [0.5, 0.6) is 0 Å². The van der Waals surface area contributed by atoms with Crippen molar-refractivity contribution in [3.05, 3.63) is 68.5 Å². The van der Waals surface area contributed by atoms with Crippen LogP contribution >= 0.6 is 0 Å². The van der Waals surface area contributed by atoms with Gasteiger partial charge in [-0.3, -0.25) is 13.9 Å². The summed E-state index contributed by atoms with van der Waals surface area (Å²) in [5, 5.41) is 0. The summed E-state index contributed by atoms with van der Waals surface area (Å²) < 4.78 is 20.6. The lowest BCUT2D eigenvalue weighted by Gasteiger charge is -2.12. The van der Waals surface area contributed by atoms with Crippen LogP contribution < -0.4 is 22.7 Å². The number of anilines is 2. The Bertz CT molecular complexity index is 1370. The fourth-order valence-electron chi connectivity index (χ4n) is 3.51. The van der Waals surface area contributed by atoms with Gasteiger partial charge in [-0.15, -0.1) is 0 Å². The van der Waals surface area contributed by atoms with Crippen molar-refractivity contribution in [3.63, 3.8) is 0 Å². The van der Waals surface area contributed by atoms with Crippen molar-refractivity contribution in [2.45, 2.75) is 39.3 Å². The average Bonchev–Trinajstić information content (AvgIpc) is 3.33. The number of aryl methyl sites for hydroxylation is 2. The maximum atomic E-state index is 13.1. The molecule has 11 heteroatoms. The molecule has 10 nitrogen and oxygen atoms in total. The zero-order chi connectivity index (χ0) is 22.1. The molecule has 0 aliphatic rings. The topological polar surface area (TPSA) is 151 Å². The molecule has 0 radical (unpaired) electrons. The van der Waals surface area contributed by atoms with Crippen LogP contribution in [0, 0.1) is 6.01 Å². The number of halogens is 1. The third-order valence-electron chi connectivity index (χ3n) is 4.98. The van der Waals surface area contributed by atoms with E-state index in [1.54, 1.807) is 12.1 Å². The van der Waals surface area contributed by atoms with Crippen LogP contribution in [0.1, 0.15) is 30.6 Å². The smallest absolute Gasteiger partial charge is 0.332 e. The van der Waals surface area contributed by atoms with Crippen molar-refractivity contribution in [2.24, 2.45) is 0 Å². The summed E-state index contributed by atoms with van der Waals surface area (Å²) in [5.74, 6) is 0.442. The van der Waals surface area contributed by atoms with Crippen molar-refractivity contribution in [3.8, 4) is 0 Å². The molecule has 0 aliphatic heterocycles. The van der Waals surface area contributed by atoms with E-state index in [4.69, 9.17) is 15.9 Å². The first-order valence-corrected chi connectivity index (χ1v) is 9.83. The van der Waals surface area contributed by atoms with Crippen LogP contribution in [0.3, 0.4) is 0 Å². The van der Waals surface area contributed by atoms with E-state index in [2.05, 4.69) is 15.0 Å². The van der Waals surface area contributed by atoms with E-state index in [1.807, 2.05) is 13.0 Å². The molecule has 3 aromatic heterocycles. The first-order valence-electron chi connectivity index (χ1n) is 9.83. The Hall–Kier alpha value is -3.89. The van der Waals surface area contributed by atoms with Crippen LogP contribution in [0.15, 0.2) is 38.4 Å². The minimum atomic E-state index is -0.811. The van der Waals surface area contributed by atoms with E-state index in [0.717, 1.165) is 11.8 Å². The fourth-order valence-corrected chi connectivity index (χ4v) is 3.51.